The van der Waals surface area contributed by atoms with Crippen LogP contribution in [-0.2, 0) is 11.4 Å². The summed E-state index contributed by atoms with van der Waals surface area (Å²) >= 11 is 0. The highest BCUT2D eigenvalue weighted by atomic mass is 16.5. The Kier molecular flexibility index (Phi) is 5.20. The van der Waals surface area contributed by atoms with Gasteiger partial charge in [0, 0.05) is 20.0 Å². The van der Waals surface area contributed by atoms with Crippen molar-refractivity contribution < 1.29 is 24.0 Å². The molecule has 1 aliphatic heterocycles. The fraction of sp³-hybridized carbons (Fsp3) is 0.444. The number of hydrogen-bond donors (Lipinski definition) is 1. The van der Waals surface area contributed by atoms with E-state index in [1.165, 1.54) is 0 Å². The zero-order valence-corrected chi connectivity index (χ0v) is 14.7. The number of carboxylic acid groups (broad SMARTS) is 1. The number of benzene rings is 1. The van der Waals surface area contributed by atoms with Crippen molar-refractivity contribution in [3.05, 3.63) is 41.5 Å². The van der Waals surface area contributed by atoms with Gasteiger partial charge in [-0.2, -0.15) is 4.98 Å². The number of carboxylic acids is 1. The van der Waals surface area contributed by atoms with Crippen LogP contribution in [0.1, 0.15) is 35.4 Å². The van der Waals surface area contributed by atoms with E-state index < -0.39 is 11.9 Å². The van der Waals surface area contributed by atoms with Crippen molar-refractivity contribution in [2.24, 2.45) is 11.8 Å². The maximum absolute atomic E-state index is 13.0. The van der Waals surface area contributed by atoms with Crippen LogP contribution in [0.25, 0.3) is 0 Å². The molecule has 1 N–H and O–H groups in total. The Morgan fingerprint density at radius 2 is 2.12 bits per heavy atom. The fourth-order valence-electron chi connectivity index (χ4n) is 3.18. The van der Waals surface area contributed by atoms with E-state index in [1.54, 1.807) is 36.1 Å². The lowest BCUT2D eigenvalue weighted by molar-refractivity contribution is -0.143. The van der Waals surface area contributed by atoms with Gasteiger partial charge in [0.1, 0.15) is 5.75 Å². The molecule has 1 aromatic carbocycles. The molecule has 0 spiro atoms. The summed E-state index contributed by atoms with van der Waals surface area (Å²) in [6, 6.07) is 6.89. The van der Waals surface area contributed by atoms with Crippen molar-refractivity contribution in [1.82, 2.24) is 15.0 Å². The number of carbonyl (C=O) groups excluding carboxylic acids is 1. The first-order valence-electron chi connectivity index (χ1n) is 8.47. The molecule has 138 valence electrons. The summed E-state index contributed by atoms with van der Waals surface area (Å²) in [6.07, 6.45) is 0.578. The molecule has 1 aliphatic rings. The second-order valence-electron chi connectivity index (χ2n) is 6.60. The zero-order chi connectivity index (χ0) is 18.7. The number of aryl methyl sites for hydroxylation is 1. The Morgan fingerprint density at radius 1 is 1.35 bits per heavy atom. The highest BCUT2D eigenvalue weighted by Crippen LogP contribution is 2.26. The molecule has 1 saturated heterocycles. The number of para-hydroxylation sites is 1. The standard InChI is InChI=1S/C18H21N3O5/c1-11-7-13(18(23)24)9-21(8-11)17(22)14-5-3-4-6-15(14)25-10-16-19-12(2)26-20-16/h3-6,11,13H,7-10H2,1-2H3,(H,23,24). The minimum atomic E-state index is -0.869. The van der Waals surface area contributed by atoms with Crippen molar-refractivity contribution in [2.75, 3.05) is 13.1 Å². The molecule has 3 rings (SSSR count). The van der Waals surface area contributed by atoms with E-state index >= 15 is 0 Å². The Bertz CT molecular complexity index is 804. The molecule has 8 nitrogen and oxygen atoms in total. The van der Waals surface area contributed by atoms with Crippen LogP contribution in [-0.4, -0.2) is 45.1 Å². The molecule has 1 amide bonds. The van der Waals surface area contributed by atoms with Crippen LogP contribution in [0.5, 0.6) is 5.75 Å². The Morgan fingerprint density at radius 3 is 2.81 bits per heavy atom. The summed E-state index contributed by atoms with van der Waals surface area (Å²) in [5, 5.41) is 13.1. The third-order valence-electron chi connectivity index (χ3n) is 4.34. The summed E-state index contributed by atoms with van der Waals surface area (Å²) in [6.45, 7) is 4.45. The summed E-state index contributed by atoms with van der Waals surface area (Å²) in [7, 11) is 0. The van der Waals surface area contributed by atoms with Gasteiger partial charge >= 0.3 is 5.97 Å². The van der Waals surface area contributed by atoms with Gasteiger partial charge in [0.25, 0.3) is 5.91 Å². The largest absolute Gasteiger partial charge is 0.485 e. The lowest BCUT2D eigenvalue weighted by atomic mass is 9.90. The summed E-state index contributed by atoms with van der Waals surface area (Å²) < 4.78 is 10.6. The van der Waals surface area contributed by atoms with Crippen LogP contribution in [0, 0.1) is 18.8 Å². The molecule has 0 bridgehead atoms. The van der Waals surface area contributed by atoms with Gasteiger partial charge in [-0.05, 0) is 24.5 Å². The molecule has 1 aromatic heterocycles. The molecule has 2 atom stereocenters. The third kappa shape index (κ3) is 4.01. The van der Waals surface area contributed by atoms with E-state index in [-0.39, 0.29) is 25.0 Å². The lowest BCUT2D eigenvalue weighted by Gasteiger charge is -2.35. The maximum atomic E-state index is 13.0. The van der Waals surface area contributed by atoms with Gasteiger partial charge in [0.15, 0.2) is 6.61 Å². The lowest BCUT2D eigenvalue weighted by Crippen LogP contribution is -2.45. The molecular weight excluding hydrogens is 338 g/mol. The number of nitrogens with zero attached hydrogens (tertiary/aromatic N) is 3. The minimum Gasteiger partial charge on any atom is -0.485 e. The monoisotopic (exact) mass is 359 g/mol. The molecule has 0 saturated carbocycles. The minimum absolute atomic E-state index is 0.0792. The van der Waals surface area contributed by atoms with Gasteiger partial charge in [-0.15, -0.1) is 0 Å². The van der Waals surface area contributed by atoms with E-state index in [0.717, 1.165) is 0 Å². The van der Waals surface area contributed by atoms with Crippen LogP contribution < -0.4 is 4.74 Å². The molecule has 2 heterocycles. The van der Waals surface area contributed by atoms with Crippen molar-refractivity contribution in [2.45, 2.75) is 26.9 Å². The summed E-state index contributed by atoms with van der Waals surface area (Å²) in [5.41, 5.74) is 0.394. The normalized spacial score (nSPS) is 20.0. The van der Waals surface area contributed by atoms with E-state index in [9.17, 15) is 14.7 Å². The van der Waals surface area contributed by atoms with Crippen LogP contribution >= 0.6 is 0 Å². The van der Waals surface area contributed by atoms with Crippen molar-refractivity contribution >= 4 is 11.9 Å². The molecule has 26 heavy (non-hydrogen) atoms. The number of amides is 1. The average Bonchev–Trinajstić information content (AvgIpc) is 3.04. The first-order chi connectivity index (χ1) is 12.4. The van der Waals surface area contributed by atoms with Gasteiger partial charge in [-0.3, -0.25) is 9.59 Å². The van der Waals surface area contributed by atoms with Crippen molar-refractivity contribution in [3.8, 4) is 5.75 Å². The fourth-order valence-corrected chi connectivity index (χ4v) is 3.18. The highest BCUT2D eigenvalue weighted by molar-refractivity contribution is 5.97. The second-order valence-corrected chi connectivity index (χ2v) is 6.60. The quantitative estimate of drug-likeness (QED) is 0.872. The number of rotatable bonds is 5. The predicted octanol–water partition coefficient (Wildman–Crippen LogP) is 2.14. The summed E-state index contributed by atoms with van der Waals surface area (Å²) in [5.74, 6) is -0.279. The van der Waals surface area contributed by atoms with Gasteiger partial charge < -0.3 is 19.3 Å². The van der Waals surface area contributed by atoms with Gasteiger partial charge in [-0.1, -0.05) is 24.2 Å². The van der Waals surface area contributed by atoms with E-state index in [2.05, 4.69) is 10.1 Å². The molecule has 2 unspecified atom stereocenters. The first-order valence-corrected chi connectivity index (χ1v) is 8.47. The Balaban J connectivity index is 1.75. The average molecular weight is 359 g/mol. The number of aromatic nitrogens is 2. The number of ether oxygens (including phenoxy) is 1. The number of hydrogen-bond acceptors (Lipinski definition) is 6. The summed E-state index contributed by atoms with van der Waals surface area (Å²) in [4.78, 5) is 30.0. The maximum Gasteiger partial charge on any atom is 0.308 e. The molecule has 2 aromatic rings. The third-order valence-corrected chi connectivity index (χ3v) is 4.34. The number of carbonyl (C=O) groups is 2. The highest BCUT2D eigenvalue weighted by Gasteiger charge is 2.33. The molecule has 0 radical (unpaired) electrons. The van der Waals surface area contributed by atoms with Gasteiger partial charge in [0.05, 0.1) is 11.5 Å². The molecule has 8 heteroatoms. The van der Waals surface area contributed by atoms with E-state index in [0.29, 0.717) is 36.0 Å². The van der Waals surface area contributed by atoms with Gasteiger partial charge in [-0.25, -0.2) is 0 Å². The topological polar surface area (TPSA) is 106 Å². The molecule has 0 aliphatic carbocycles. The first kappa shape index (κ1) is 17.9. The predicted molar refractivity (Wildman–Crippen MR) is 90.6 cm³/mol. The number of likely N-dealkylation sites (tertiary alicyclic amines) is 1. The zero-order valence-electron chi connectivity index (χ0n) is 14.7. The SMILES string of the molecule is Cc1nc(COc2ccccc2C(=O)N2CC(C)CC(C(=O)O)C2)no1. The molecular formula is C18H21N3O5. The van der Waals surface area contributed by atoms with E-state index in [4.69, 9.17) is 9.26 Å². The van der Waals surface area contributed by atoms with Crippen LogP contribution in [0.4, 0.5) is 0 Å². The smallest absolute Gasteiger partial charge is 0.308 e. The van der Waals surface area contributed by atoms with Crippen LogP contribution in [0.3, 0.4) is 0 Å². The van der Waals surface area contributed by atoms with Gasteiger partial charge in [0.2, 0.25) is 11.7 Å². The number of aliphatic carboxylic acids is 1. The van der Waals surface area contributed by atoms with Crippen molar-refractivity contribution in [1.29, 1.82) is 0 Å². The van der Waals surface area contributed by atoms with Crippen LogP contribution in [0.15, 0.2) is 28.8 Å². The van der Waals surface area contributed by atoms with Crippen LogP contribution in [0.2, 0.25) is 0 Å². The molecule has 1 fully saturated rings. The van der Waals surface area contributed by atoms with Crippen molar-refractivity contribution in [3.63, 3.8) is 0 Å². The Hall–Kier alpha value is -2.90. The second kappa shape index (κ2) is 7.55. The number of piperidine rings is 1. The van der Waals surface area contributed by atoms with E-state index in [1.807, 2.05) is 6.92 Å². The Labute approximate surface area is 150 Å².